The second-order valence-corrected chi connectivity index (χ2v) is 7.23. The second-order valence-electron chi connectivity index (χ2n) is 4.75. The lowest BCUT2D eigenvalue weighted by atomic mass is 10.2. The Hall–Kier alpha value is -2.23. The van der Waals surface area contributed by atoms with Crippen LogP contribution in [0.15, 0.2) is 62.1 Å². The summed E-state index contributed by atoms with van der Waals surface area (Å²) in [6, 6.07) is 11.1. The van der Waals surface area contributed by atoms with Crippen LogP contribution < -0.4 is 5.14 Å². The molecule has 0 aliphatic carbocycles. The number of fused-ring (bicyclic) bond motifs is 1. The Labute approximate surface area is 140 Å². The van der Waals surface area contributed by atoms with E-state index >= 15 is 0 Å². The van der Waals surface area contributed by atoms with E-state index in [1.807, 2.05) is 12.1 Å². The molecule has 23 heavy (non-hydrogen) atoms. The number of aromatic hydroxyl groups is 1. The molecule has 2 aromatic carbocycles. The summed E-state index contributed by atoms with van der Waals surface area (Å²) in [7, 11) is -3.74. The highest BCUT2D eigenvalue weighted by atomic mass is 79.9. The summed E-state index contributed by atoms with van der Waals surface area (Å²) in [4.78, 5) is 2.80. The van der Waals surface area contributed by atoms with Crippen molar-refractivity contribution in [2.24, 2.45) is 15.4 Å². The summed E-state index contributed by atoms with van der Waals surface area (Å²) in [5.41, 5.74) is 1.46. The zero-order valence-corrected chi connectivity index (χ0v) is 14.0. The molecule has 7 nitrogen and oxygen atoms in total. The highest BCUT2D eigenvalue weighted by molar-refractivity contribution is 9.10. The highest BCUT2D eigenvalue weighted by Crippen LogP contribution is 2.37. The first-order valence-electron chi connectivity index (χ1n) is 6.39. The topological polar surface area (TPSA) is 121 Å². The monoisotopic (exact) mass is 394 g/mol. The maximum Gasteiger partial charge on any atom is 0.238 e. The van der Waals surface area contributed by atoms with Crippen LogP contribution >= 0.6 is 15.9 Å². The molecule has 0 unspecified atom stereocenters. The molecule has 0 radical (unpaired) electrons. The van der Waals surface area contributed by atoms with Crippen LogP contribution in [0.4, 0.5) is 11.4 Å². The number of halogens is 1. The van der Waals surface area contributed by atoms with Crippen LogP contribution in [0.1, 0.15) is 0 Å². The van der Waals surface area contributed by atoms with E-state index in [9.17, 15) is 13.5 Å². The number of benzene rings is 2. The third kappa shape index (κ3) is 3.26. The third-order valence-electron chi connectivity index (χ3n) is 3.14. The van der Waals surface area contributed by atoms with Crippen molar-refractivity contribution in [1.82, 2.24) is 4.98 Å². The number of primary sulfonamides is 1. The first-order valence-corrected chi connectivity index (χ1v) is 8.73. The summed E-state index contributed by atoms with van der Waals surface area (Å²) in [5.74, 6) is -0.0944. The number of azo groups is 1. The normalized spacial score (nSPS) is 12.3. The van der Waals surface area contributed by atoms with Gasteiger partial charge in [-0.05, 0) is 42.5 Å². The fraction of sp³-hybridized carbons (Fsp3) is 0. The minimum absolute atomic E-state index is 0.00433. The van der Waals surface area contributed by atoms with Gasteiger partial charge in [0.1, 0.15) is 0 Å². The van der Waals surface area contributed by atoms with E-state index in [2.05, 4.69) is 31.1 Å². The largest absolute Gasteiger partial charge is 0.493 e. The minimum atomic E-state index is -3.74. The van der Waals surface area contributed by atoms with E-state index in [0.717, 1.165) is 9.99 Å². The van der Waals surface area contributed by atoms with Crippen molar-refractivity contribution in [1.29, 1.82) is 0 Å². The number of rotatable bonds is 3. The van der Waals surface area contributed by atoms with Gasteiger partial charge >= 0.3 is 0 Å². The van der Waals surface area contributed by atoms with Crippen LogP contribution in [-0.4, -0.2) is 18.5 Å². The van der Waals surface area contributed by atoms with Crippen molar-refractivity contribution in [2.45, 2.75) is 4.90 Å². The van der Waals surface area contributed by atoms with Gasteiger partial charge < -0.3 is 10.1 Å². The molecule has 118 valence electrons. The molecule has 0 fully saturated rings. The highest BCUT2D eigenvalue weighted by Gasteiger charge is 2.11. The first-order chi connectivity index (χ1) is 10.8. The van der Waals surface area contributed by atoms with Crippen molar-refractivity contribution in [3.8, 4) is 5.88 Å². The van der Waals surface area contributed by atoms with Crippen LogP contribution in [0.2, 0.25) is 0 Å². The molecule has 0 aliphatic rings. The Kier molecular flexibility index (Phi) is 3.92. The molecule has 0 spiro atoms. The first kappa shape index (κ1) is 15.7. The molecular weight excluding hydrogens is 384 g/mol. The zero-order chi connectivity index (χ0) is 16.6. The number of hydrogen-bond donors (Lipinski definition) is 3. The van der Waals surface area contributed by atoms with Crippen LogP contribution in [0.5, 0.6) is 5.88 Å². The maximum absolute atomic E-state index is 11.2. The van der Waals surface area contributed by atoms with Crippen molar-refractivity contribution in [2.75, 3.05) is 0 Å². The molecule has 0 bridgehead atoms. The Morgan fingerprint density at radius 2 is 1.78 bits per heavy atom. The fourth-order valence-electron chi connectivity index (χ4n) is 2.05. The Balaban J connectivity index is 1.97. The summed E-state index contributed by atoms with van der Waals surface area (Å²) in [5, 5.41) is 23.7. The number of H-pyrrole nitrogens is 1. The van der Waals surface area contributed by atoms with Crippen molar-refractivity contribution >= 4 is 48.2 Å². The molecule has 0 saturated carbocycles. The summed E-state index contributed by atoms with van der Waals surface area (Å²) < 4.78 is 23.2. The Bertz CT molecular complexity index is 1010. The lowest BCUT2D eigenvalue weighted by Crippen LogP contribution is -2.11. The molecular formula is C14H11BrN4O3S. The van der Waals surface area contributed by atoms with Crippen LogP contribution in [0.3, 0.4) is 0 Å². The number of aromatic amines is 1. The van der Waals surface area contributed by atoms with Gasteiger partial charge in [0.15, 0.2) is 5.69 Å². The van der Waals surface area contributed by atoms with Gasteiger partial charge in [-0.15, -0.1) is 5.11 Å². The van der Waals surface area contributed by atoms with E-state index < -0.39 is 10.0 Å². The molecule has 3 rings (SSSR count). The van der Waals surface area contributed by atoms with Gasteiger partial charge in [-0.1, -0.05) is 15.9 Å². The summed E-state index contributed by atoms with van der Waals surface area (Å²) in [6.07, 6.45) is 0. The summed E-state index contributed by atoms with van der Waals surface area (Å²) in [6.45, 7) is 0. The standard InChI is InChI=1S/C14H11BrN4O3S/c15-8-1-6-12-11(7-8)13(14(20)17-12)19-18-9-2-4-10(5-3-9)23(16,21)22/h1-7,17,20H,(H2,16,21,22). The Morgan fingerprint density at radius 3 is 2.43 bits per heavy atom. The molecule has 0 amide bonds. The number of sulfonamides is 1. The molecule has 0 saturated heterocycles. The number of aromatic nitrogens is 1. The predicted octanol–water partition coefficient (Wildman–Crippen LogP) is 3.70. The van der Waals surface area contributed by atoms with Crippen LogP contribution in [0, 0.1) is 0 Å². The van der Waals surface area contributed by atoms with Crippen LogP contribution in [-0.2, 0) is 10.0 Å². The van der Waals surface area contributed by atoms with Crippen molar-refractivity contribution < 1.29 is 13.5 Å². The van der Waals surface area contributed by atoms with Gasteiger partial charge in [-0.3, -0.25) is 0 Å². The van der Waals surface area contributed by atoms with Crippen molar-refractivity contribution in [3.63, 3.8) is 0 Å². The molecule has 1 heterocycles. The molecule has 0 aliphatic heterocycles. The van der Waals surface area contributed by atoms with E-state index in [-0.39, 0.29) is 10.8 Å². The average Bonchev–Trinajstić information content (AvgIpc) is 2.79. The Morgan fingerprint density at radius 1 is 1.09 bits per heavy atom. The molecule has 1 aromatic heterocycles. The second kappa shape index (κ2) is 5.76. The zero-order valence-electron chi connectivity index (χ0n) is 11.6. The number of nitrogens with zero attached hydrogens (tertiary/aromatic N) is 2. The smallest absolute Gasteiger partial charge is 0.238 e. The fourth-order valence-corrected chi connectivity index (χ4v) is 2.92. The van der Waals surface area contributed by atoms with Gasteiger partial charge in [-0.2, -0.15) is 5.11 Å². The van der Waals surface area contributed by atoms with Gasteiger partial charge in [-0.25, -0.2) is 13.6 Å². The number of nitrogens with two attached hydrogens (primary N) is 1. The predicted molar refractivity (Wildman–Crippen MR) is 89.7 cm³/mol. The molecule has 4 N–H and O–H groups in total. The van der Waals surface area contributed by atoms with E-state index in [0.29, 0.717) is 16.8 Å². The van der Waals surface area contributed by atoms with Gasteiger partial charge in [0.25, 0.3) is 0 Å². The molecule has 9 heteroatoms. The summed E-state index contributed by atoms with van der Waals surface area (Å²) >= 11 is 3.36. The number of hydrogen-bond acceptors (Lipinski definition) is 5. The lowest BCUT2D eigenvalue weighted by molar-refractivity contribution is 0.459. The number of nitrogens with one attached hydrogen (secondary N) is 1. The van der Waals surface area contributed by atoms with Gasteiger partial charge in [0.05, 0.1) is 16.1 Å². The SMILES string of the molecule is NS(=O)(=O)c1ccc(N=Nc2c(O)[nH]c3ccc(Br)cc23)cc1. The minimum Gasteiger partial charge on any atom is -0.493 e. The van der Waals surface area contributed by atoms with Crippen LogP contribution in [0.25, 0.3) is 10.9 Å². The third-order valence-corrected chi connectivity index (χ3v) is 4.57. The van der Waals surface area contributed by atoms with E-state index in [1.165, 1.54) is 24.3 Å². The van der Waals surface area contributed by atoms with E-state index in [4.69, 9.17) is 5.14 Å². The van der Waals surface area contributed by atoms with Gasteiger partial charge in [0, 0.05) is 9.86 Å². The van der Waals surface area contributed by atoms with Gasteiger partial charge in [0.2, 0.25) is 15.9 Å². The molecule has 0 atom stereocenters. The van der Waals surface area contributed by atoms with Crippen molar-refractivity contribution in [3.05, 3.63) is 46.9 Å². The lowest BCUT2D eigenvalue weighted by Gasteiger charge is -1.98. The average molecular weight is 395 g/mol. The molecule has 3 aromatic rings. The maximum atomic E-state index is 11.2. The quantitative estimate of drug-likeness (QED) is 0.586. The van der Waals surface area contributed by atoms with E-state index in [1.54, 1.807) is 6.07 Å².